The molecule has 1 rings (SSSR count). The zero-order valence-electron chi connectivity index (χ0n) is 12.4. The number of aliphatic carboxylic acids is 1. The molecule has 0 aromatic heterocycles. The Kier molecular flexibility index (Phi) is 5.17. The molecule has 0 aromatic rings. The SMILES string of the molecule is CNC1(C(=O)O)CCC(N(CC(C)C)C(C)C)C1. The maximum absolute atomic E-state index is 11.4. The van der Waals surface area contributed by atoms with Gasteiger partial charge >= 0.3 is 5.97 Å². The standard InChI is InChI=1S/C14H28N2O2/c1-10(2)9-16(11(3)4)12-6-7-14(8-12,15-5)13(17)18/h10-12,15H,6-9H2,1-5H3,(H,17,18). The summed E-state index contributed by atoms with van der Waals surface area (Å²) in [5.41, 5.74) is -0.714. The molecule has 18 heavy (non-hydrogen) atoms. The van der Waals surface area contributed by atoms with Gasteiger partial charge in [-0.25, -0.2) is 0 Å². The highest BCUT2D eigenvalue weighted by atomic mass is 16.4. The third kappa shape index (κ3) is 3.23. The number of hydrogen-bond acceptors (Lipinski definition) is 3. The Bertz CT molecular complexity index is 292. The molecular weight excluding hydrogens is 228 g/mol. The fourth-order valence-corrected chi connectivity index (χ4v) is 3.03. The van der Waals surface area contributed by atoms with Crippen molar-refractivity contribution in [3.8, 4) is 0 Å². The van der Waals surface area contributed by atoms with E-state index in [1.54, 1.807) is 7.05 Å². The van der Waals surface area contributed by atoms with Crippen molar-refractivity contribution in [2.24, 2.45) is 5.92 Å². The lowest BCUT2D eigenvalue weighted by atomic mass is 9.97. The minimum Gasteiger partial charge on any atom is -0.480 e. The van der Waals surface area contributed by atoms with Crippen LogP contribution in [0.3, 0.4) is 0 Å². The molecule has 0 aromatic carbocycles. The van der Waals surface area contributed by atoms with Gasteiger partial charge < -0.3 is 10.4 Å². The Morgan fingerprint density at radius 1 is 1.44 bits per heavy atom. The predicted octanol–water partition coefficient (Wildman–Crippen LogP) is 1.95. The molecule has 4 heteroatoms. The molecule has 2 unspecified atom stereocenters. The Balaban J connectivity index is 2.76. The molecule has 0 saturated heterocycles. The average molecular weight is 256 g/mol. The van der Waals surface area contributed by atoms with Gasteiger partial charge in [-0.05, 0) is 46.1 Å². The van der Waals surface area contributed by atoms with E-state index in [9.17, 15) is 9.90 Å². The lowest BCUT2D eigenvalue weighted by molar-refractivity contribution is -0.144. The summed E-state index contributed by atoms with van der Waals surface area (Å²) in [4.78, 5) is 13.9. The van der Waals surface area contributed by atoms with E-state index in [0.717, 1.165) is 19.4 Å². The van der Waals surface area contributed by atoms with Gasteiger partial charge in [-0.3, -0.25) is 9.69 Å². The summed E-state index contributed by atoms with van der Waals surface area (Å²) in [6.45, 7) is 9.87. The summed E-state index contributed by atoms with van der Waals surface area (Å²) in [7, 11) is 1.76. The van der Waals surface area contributed by atoms with Crippen molar-refractivity contribution in [3.05, 3.63) is 0 Å². The second-order valence-corrected chi connectivity index (χ2v) is 6.22. The molecule has 4 nitrogen and oxygen atoms in total. The number of carboxylic acids is 1. The highest BCUT2D eigenvalue weighted by Gasteiger charge is 2.46. The minimum absolute atomic E-state index is 0.385. The zero-order chi connectivity index (χ0) is 13.9. The molecule has 0 bridgehead atoms. The lowest BCUT2D eigenvalue weighted by Crippen LogP contribution is -2.50. The van der Waals surface area contributed by atoms with Crippen molar-refractivity contribution in [3.63, 3.8) is 0 Å². The zero-order valence-corrected chi connectivity index (χ0v) is 12.4. The third-order valence-electron chi connectivity index (χ3n) is 4.08. The van der Waals surface area contributed by atoms with Crippen molar-refractivity contribution in [2.75, 3.05) is 13.6 Å². The second kappa shape index (κ2) is 6.02. The van der Waals surface area contributed by atoms with Gasteiger partial charge in [-0.15, -0.1) is 0 Å². The highest BCUT2D eigenvalue weighted by molar-refractivity contribution is 5.79. The van der Waals surface area contributed by atoms with E-state index in [1.165, 1.54) is 0 Å². The minimum atomic E-state index is -0.714. The van der Waals surface area contributed by atoms with E-state index in [0.29, 0.717) is 24.4 Å². The van der Waals surface area contributed by atoms with Gasteiger partial charge in [0.2, 0.25) is 0 Å². The molecule has 1 fully saturated rings. The van der Waals surface area contributed by atoms with E-state index in [1.807, 2.05) is 0 Å². The van der Waals surface area contributed by atoms with Crippen LogP contribution in [0.5, 0.6) is 0 Å². The first-order valence-electron chi connectivity index (χ1n) is 7.00. The maximum atomic E-state index is 11.4. The van der Waals surface area contributed by atoms with Gasteiger partial charge in [0.25, 0.3) is 0 Å². The molecule has 1 saturated carbocycles. The van der Waals surface area contributed by atoms with Crippen LogP contribution < -0.4 is 5.32 Å². The number of nitrogens with zero attached hydrogens (tertiary/aromatic N) is 1. The van der Waals surface area contributed by atoms with Gasteiger partial charge in [-0.1, -0.05) is 13.8 Å². The Morgan fingerprint density at radius 3 is 2.39 bits per heavy atom. The molecular formula is C14H28N2O2. The number of hydrogen-bond donors (Lipinski definition) is 2. The normalized spacial score (nSPS) is 28.6. The van der Waals surface area contributed by atoms with Crippen LogP contribution in [0, 0.1) is 5.92 Å². The fourth-order valence-electron chi connectivity index (χ4n) is 3.03. The molecule has 0 radical (unpaired) electrons. The van der Waals surface area contributed by atoms with E-state index in [2.05, 4.69) is 37.9 Å². The van der Waals surface area contributed by atoms with Gasteiger partial charge in [-0.2, -0.15) is 0 Å². The topological polar surface area (TPSA) is 52.6 Å². The van der Waals surface area contributed by atoms with Crippen molar-refractivity contribution in [2.45, 2.75) is 64.6 Å². The molecule has 2 atom stereocenters. The lowest BCUT2D eigenvalue weighted by Gasteiger charge is -2.35. The molecule has 1 aliphatic carbocycles. The van der Waals surface area contributed by atoms with Gasteiger partial charge in [0.05, 0.1) is 0 Å². The molecule has 106 valence electrons. The molecule has 0 spiro atoms. The summed E-state index contributed by atoms with van der Waals surface area (Å²) in [5, 5.41) is 12.4. The maximum Gasteiger partial charge on any atom is 0.323 e. The van der Waals surface area contributed by atoms with Crippen molar-refractivity contribution in [1.29, 1.82) is 0 Å². The first-order valence-corrected chi connectivity index (χ1v) is 7.00. The molecule has 1 aliphatic rings. The third-order valence-corrected chi connectivity index (χ3v) is 4.08. The Morgan fingerprint density at radius 2 is 2.06 bits per heavy atom. The number of nitrogens with one attached hydrogen (secondary N) is 1. The van der Waals surface area contributed by atoms with Crippen LogP contribution in [0.15, 0.2) is 0 Å². The van der Waals surface area contributed by atoms with Crippen LogP contribution in [0.1, 0.15) is 47.0 Å². The molecule has 0 amide bonds. The molecule has 0 heterocycles. The summed E-state index contributed by atoms with van der Waals surface area (Å²) in [6, 6.07) is 0.856. The second-order valence-electron chi connectivity index (χ2n) is 6.22. The summed E-state index contributed by atoms with van der Waals surface area (Å²) in [5.74, 6) is -0.0948. The van der Waals surface area contributed by atoms with Crippen molar-refractivity contribution < 1.29 is 9.90 Å². The summed E-state index contributed by atoms with van der Waals surface area (Å²) in [6.07, 6.45) is 2.41. The van der Waals surface area contributed by atoms with Crippen molar-refractivity contribution in [1.82, 2.24) is 10.2 Å². The van der Waals surface area contributed by atoms with E-state index >= 15 is 0 Å². The van der Waals surface area contributed by atoms with Crippen LogP contribution in [0.25, 0.3) is 0 Å². The van der Waals surface area contributed by atoms with Crippen LogP contribution in [-0.4, -0.2) is 47.2 Å². The van der Waals surface area contributed by atoms with E-state index in [-0.39, 0.29) is 0 Å². The van der Waals surface area contributed by atoms with Gasteiger partial charge in [0.1, 0.15) is 5.54 Å². The fraction of sp³-hybridized carbons (Fsp3) is 0.929. The van der Waals surface area contributed by atoms with Crippen LogP contribution >= 0.6 is 0 Å². The van der Waals surface area contributed by atoms with Gasteiger partial charge in [0, 0.05) is 18.6 Å². The number of likely N-dealkylation sites (N-methyl/N-ethyl adjacent to an activating group) is 1. The summed E-state index contributed by atoms with van der Waals surface area (Å²) >= 11 is 0. The molecule has 2 N–H and O–H groups in total. The number of rotatable bonds is 6. The Hall–Kier alpha value is -0.610. The first kappa shape index (κ1) is 15.4. The largest absolute Gasteiger partial charge is 0.480 e. The van der Waals surface area contributed by atoms with Crippen LogP contribution in [0.2, 0.25) is 0 Å². The van der Waals surface area contributed by atoms with E-state index in [4.69, 9.17) is 0 Å². The van der Waals surface area contributed by atoms with Gasteiger partial charge in [0.15, 0.2) is 0 Å². The highest BCUT2D eigenvalue weighted by Crippen LogP contribution is 2.34. The number of carbonyl (C=O) groups is 1. The predicted molar refractivity (Wildman–Crippen MR) is 73.7 cm³/mol. The quantitative estimate of drug-likeness (QED) is 0.762. The Labute approximate surface area is 111 Å². The summed E-state index contributed by atoms with van der Waals surface area (Å²) < 4.78 is 0. The smallest absolute Gasteiger partial charge is 0.323 e. The average Bonchev–Trinajstić information content (AvgIpc) is 2.70. The van der Waals surface area contributed by atoms with Crippen LogP contribution in [0.4, 0.5) is 0 Å². The van der Waals surface area contributed by atoms with Crippen LogP contribution in [-0.2, 0) is 4.79 Å². The first-order chi connectivity index (χ1) is 8.32. The van der Waals surface area contributed by atoms with E-state index < -0.39 is 11.5 Å². The number of carboxylic acid groups (broad SMARTS) is 1. The van der Waals surface area contributed by atoms with Crippen molar-refractivity contribution >= 4 is 5.97 Å². The monoisotopic (exact) mass is 256 g/mol. The molecule has 0 aliphatic heterocycles.